The Kier molecular flexibility index (Phi) is 2.62. The van der Waals surface area contributed by atoms with Crippen molar-refractivity contribution in [2.24, 2.45) is 5.11 Å². The average molecular weight is 179 g/mol. The van der Waals surface area contributed by atoms with E-state index >= 15 is 0 Å². The molecule has 1 amide bonds. The van der Waals surface area contributed by atoms with Crippen molar-refractivity contribution in [1.29, 1.82) is 0 Å². The van der Waals surface area contributed by atoms with Crippen molar-refractivity contribution in [2.75, 3.05) is 0 Å². The molecule has 13 heavy (non-hydrogen) atoms. The predicted molar refractivity (Wildman–Crippen MR) is 44.6 cm³/mol. The zero-order chi connectivity index (χ0) is 9.84. The van der Waals surface area contributed by atoms with E-state index in [0.29, 0.717) is 5.56 Å². The van der Waals surface area contributed by atoms with Gasteiger partial charge in [0.25, 0.3) is 5.91 Å². The van der Waals surface area contributed by atoms with Crippen LogP contribution in [0.15, 0.2) is 23.3 Å². The molecule has 0 N–H and O–H groups in total. The molecule has 1 aromatic carbocycles. The topological polar surface area (TPSA) is 65.8 Å². The SMILES string of the molecule is Cc1cccc(C(=O)N=[N+]=[N-])c1F. The third-order valence-corrected chi connectivity index (χ3v) is 1.56. The van der Waals surface area contributed by atoms with Crippen molar-refractivity contribution in [3.63, 3.8) is 0 Å². The lowest BCUT2D eigenvalue weighted by atomic mass is 10.1. The molecule has 0 aromatic heterocycles. The summed E-state index contributed by atoms with van der Waals surface area (Å²) in [5.74, 6) is -1.54. The van der Waals surface area contributed by atoms with E-state index in [1.807, 2.05) is 0 Å². The molecule has 1 rings (SSSR count). The van der Waals surface area contributed by atoms with Gasteiger partial charge in [-0.15, -0.1) is 0 Å². The molecule has 0 aliphatic heterocycles. The van der Waals surface area contributed by atoms with E-state index in [1.165, 1.54) is 25.1 Å². The quantitative estimate of drug-likeness (QED) is 0.371. The van der Waals surface area contributed by atoms with E-state index < -0.39 is 11.7 Å². The van der Waals surface area contributed by atoms with Gasteiger partial charge in [-0.05, 0) is 29.2 Å². The summed E-state index contributed by atoms with van der Waals surface area (Å²) < 4.78 is 13.2. The van der Waals surface area contributed by atoms with Crippen molar-refractivity contribution in [2.45, 2.75) is 6.92 Å². The Balaban J connectivity index is 3.22. The van der Waals surface area contributed by atoms with Gasteiger partial charge in [0.15, 0.2) is 0 Å². The van der Waals surface area contributed by atoms with Gasteiger partial charge in [-0.2, -0.15) is 0 Å². The Morgan fingerprint density at radius 2 is 2.31 bits per heavy atom. The molecule has 66 valence electrons. The van der Waals surface area contributed by atoms with Gasteiger partial charge in [-0.25, -0.2) is 4.39 Å². The fraction of sp³-hybridized carbons (Fsp3) is 0.125. The van der Waals surface area contributed by atoms with Crippen LogP contribution in [0.3, 0.4) is 0 Å². The molecule has 0 saturated heterocycles. The number of hydrogen-bond acceptors (Lipinski definition) is 1. The number of azide groups is 1. The second-order valence-corrected chi connectivity index (χ2v) is 2.43. The standard InChI is InChI=1S/C8H6FN3O/c1-5-3-2-4-6(7(5)9)8(13)11-12-10/h2-4H,1H3. The minimum absolute atomic E-state index is 0.196. The third-order valence-electron chi connectivity index (χ3n) is 1.56. The monoisotopic (exact) mass is 179 g/mol. The molecular formula is C8H6FN3O. The number of benzene rings is 1. The zero-order valence-electron chi connectivity index (χ0n) is 6.86. The Hall–Kier alpha value is -1.87. The van der Waals surface area contributed by atoms with E-state index in [4.69, 9.17) is 5.53 Å². The molecule has 5 heteroatoms. The summed E-state index contributed by atoms with van der Waals surface area (Å²) in [6, 6.07) is 4.33. The van der Waals surface area contributed by atoms with Crippen LogP contribution in [0.25, 0.3) is 10.4 Å². The zero-order valence-corrected chi connectivity index (χ0v) is 6.86. The molecule has 0 aliphatic carbocycles. The van der Waals surface area contributed by atoms with Crippen LogP contribution in [-0.4, -0.2) is 5.91 Å². The highest BCUT2D eigenvalue weighted by atomic mass is 19.1. The number of hydrogen-bond donors (Lipinski definition) is 0. The summed E-state index contributed by atoms with van der Waals surface area (Å²) in [6.45, 7) is 1.53. The van der Waals surface area contributed by atoms with Crippen molar-refractivity contribution in [1.82, 2.24) is 0 Å². The summed E-state index contributed by atoms with van der Waals surface area (Å²) in [6.07, 6.45) is 0. The van der Waals surface area contributed by atoms with E-state index in [2.05, 4.69) is 10.0 Å². The number of rotatable bonds is 1. The molecule has 1 aromatic rings. The van der Waals surface area contributed by atoms with Crippen LogP contribution in [-0.2, 0) is 0 Å². The van der Waals surface area contributed by atoms with E-state index in [1.54, 1.807) is 0 Å². The fourth-order valence-corrected chi connectivity index (χ4v) is 0.907. The van der Waals surface area contributed by atoms with Crippen LogP contribution >= 0.6 is 0 Å². The second-order valence-electron chi connectivity index (χ2n) is 2.43. The predicted octanol–water partition coefficient (Wildman–Crippen LogP) is 2.58. The van der Waals surface area contributed by atoms with Crippen molar-refractivity contribution in [3.8, 4) is 0 Å². The first-order valence-electron chi connectivity index (χ1n) is 3.51. The molecule has 0 spiro atoms. The molecule has 0 radical (unpaired) electrons. The van der Waals surface area contributed by atoms with Crippen molar-refractivity contribution in [3.05, 3.63) is 45.6 Å². The second kappa shape index (κ2) is 3.69. The maximum Gasteiger partial charge on any atom is 0.252 e. The average Bonchev–Trinajstić information content (AvgIpc) is 2.10. The summed E-state index contributed by atoms with van der Waals surface area (Å²) in [5.41, 5.74) is 8.12. The normalized spacial score (nSPS) is 9.08. The van der Waals surface area contributed by atoms with Crippen LogP contribution in [0.1, 0.15) is 15.9 Å². The van der Waals surface area contributed by atoms with Crippen molar-refractivity contribution < 1.29 is 9.18 Å². The van der Waals surface area contributed by atoms with Gasteiger partial charge in [-0.3, -0.25) is 4.79 Å². The maximum absolute atomic E-state index is 13.2. The van der Waals surface area contributed by atoms with Gasteiger partial charge >= 0.3 is 0 Å². The highest BCUT2D eigenvalue weighted by Gasteiger charge is 2.10. The van der Waals surface area contributed by atoms with E-state index in [9.17, 15) is 9.18 Å². The minimum atomic E-state index is -0.899. The number of amides is 1. The van der Waals surface area contributed by atoms with Gasteiger partial charge in [0.2, 0.25) is 0 Å². The van der Waals surface area contributed by atoms with E-state index in [-0.39, 0.29) is 5.56 Å². The minimum Gasteiger partial charge on any atom is -0.287 e. The maximum atomic E-state index is 13.2. The van der Waals surface area contributed by atoms with Crippen LogP contribution in [0, 0.1) is 12.7 Å². The smallest absolute Gasteiger partial charge is 0.252 e. The first-order valence-corrected chi connectivity index (χ1v) is 3.51. The van der Waals surface area contributed by atoms with E-state index in [0.717, 1.165) is 0 Å². The Morgan fingerprint density at radius 3 is 2.92 bits per heavy atom. The summed E-state index contributed by atoms with van der Waals surface area (Å²) in [4.78, 5) is 13.2. The number of nitrogens with zero attached hydrogens (tertiary/aromatic N) is 3. The molecule has 0 heterocycles. The summed E-state index contributed by atoms with van der Waals surface area (Å²) in [7, 11) is 0. The number of carbonyl (C=O) groups is 1. The Labute approximate surface area is 73.6 Å². The summed E-state index contributed by atoms with van der Waals surface area (Å²) in [5, 5.41) is 2.80. The lowest BCUT2D eigenvalue weighted by molar-refractivity contribution is 0.0996. The lowest BCUT2D eigenvalue weighted by Crippen LogP contribution is -1.99. The first-order chi connectivity index (χ1) is 6.16. The summed E-state index contributed by atoms with van der Waals surface area (Å²) >= 11 is 0. The van der Waals surface area contributed by atoms with Gasteiger partial charge in [0.05, 0.1) is 5.56 Å². The van der Waals surface area contributed by atoms with Crippen LogP contribution < -0.4 is 0 Å². The molecule has 0 saturated carbocycles. The third kappa shape index (κ3) is 1.83. The Bertz CT molecular complexity index is 396. The fourth-order valence-electron chi connectivity index (χ4n) is 0.907. The van der Waals surface area contributed by atoms with Crippen molar-refractivity contribution >= 4 is 5.91 Å². The molecule has 0 aliphatic rings. The lowest BCUT2D eigenvalue weighted by Gasteiger charge is -1.99. The highest BCUT2D eigenvalue weighted by molar-refractivity contribution is 5.95. The Morgan fingerprint density at radius 1 is 1.62 bits per heavy atom. The van der Waals surface area contributed by atoms with Gasteiger partial charge in [0.1, 0.15) is 5.82 Å². The molecule has 0 bridgehead atoms. The molecule has 4 nitrogen and oxygen atoms in total. The molecule has 0 unspecified atom stereocenters. The van der Waals surface area contributed by atoms with Gasteiger partial charge < -0.3 is 0 Å². The number of halogens is 1. The molecule has 0 fully saturated rings. The number of aryl methyl sites for hydroxylation is 1. The van der Waals surface area contributed by atoms with Crippen LogP contribution in [0.4, 0.5) is 4.39 Å². The van der Waals surface area contributed by atoms with Gasteiger partial charge in [0, 0.05) is 4.91 Å². The highest BCUT2D eigenvalue weighted by Crippen LogP contribution is 2.12. The number of carbonyl (C=O) groups excluding carboxylic acids is 1. The molecule has 0 atom stereocenters. The largest absolute Gasteiger partial charge is 0.287 e. The first kappa shape index (κ1) is 9.22. The van der Waals surface area contributed by atoms with Crippen LogP contribution in [0.5, 0.6) is 0 Å². The van der Waals surface area contributed by atoms with Crippen LogP contribution in [0.2, 0.25) is 0 Å². The van der Waals surface area contributed by atoms with Gasteiger partial charge in [-0.1, -0.05) is 12.1 Å². The molecular weight excluding hydrogens is 173 g/mol.